The molecule has 15 heavy (non-hydrogen) atoms. The zero-order valence-corrected chi connectivity index (χ0v) is 9.80. The molecule has 2 heterocycles. The van der Waals surface area contributed by atoms with Crippen molar-refractivity contribution in [2.24, 2.45) is 0 Å². The molecule has 2 aliphatic rings. The Balaban J connectivity index is 2.18. The average Bonchev–Trinajstić information content (AvgIpc) is 2.74. The van der Waals surface area contributed by atoms with E-state index in [0.29, 0.717) is 6.61 Å². The molecule has 0 N–H and O–H groups in total. The van der Waals surface area contributed by atoms with Crippen LogP contribution in [0.1, 0.15) is 26.7 Å². The predicted octanol–water partition coefficient (Wildman–Crippen LogP) is 1.00. The van der Waals surface area contributed by atoms with Gasteiger partial charge in [0.1, 0.15) is 6.04 Å². The monoisotopic (exact) mass is 229 g/mol. The minimum atomic E-state index is -0.255. The highest BCUT2D eigenvalue weighted by atomic mass is 32.2. The number of ether oxygens (including phenoxy) is 1. The first-order valence-electron chi connectivity index (χ1n) is 5.11. The first-order chi connectivity index (χ1) is 7.04. The van der Waals surface area contributed by atoms with Gasteiger partial charge in [-0.25, -0.2) is 0 Å². The van der Waals surface area contributed by atoms with Crippen molar-refractivity contribution in [3.8, 4) is 0 Å². The summed E-state index contributed by atoms with van der Waals surface area (Å²) >= 11 is 1.50. The number of hydrogen-bond acceptors (Lipinski definition) is 4. The summed E-state index contributed by atoms with van der Waals surface area (Å²) in [5, 5.41) is 0. The van der Waals surface area contributed by atoms with Crippen LogP contribution < -0.4 is 0 Å². The maximum atomic E-state index is 11.5. The van der Waals surface area contributed by atoms with Crippen molar-refractivity contribution in [3.63, 3.8) is 0 Å². The van der Waals surface area contributed by atoms with Crippen LogP contribution in [0.5, 0.6) is 0 Å². The molecule has 0 aromatic rings. The predicted molar refractivity (Wildman–Crippen MR) is 57.4 cm³/mol. The first-order valence-corrected chi connectivity index (χ1v) is 5.89. The highest BCUT2D eigenvalue weighted by Gasteiger charge is 2.50. The summed E-state index contributed by atoms with van der Waals surface area (Å²) in [4.78, 5) is 22.9. The molecular formula is C10H15NO3S. The second-order valence-corrected chi connectivity index (χ2v) is 5.69. The fourth-order valence-corrected chi connectivity index (χ4v) is 3.60. The van der Waals surface area contributed by atoms with Crippen molar-refractivity contribution in [1.29, 1.82) is 0 Å². The van der Waals surface area contributed by atoms with Gasteiger partial charge in [0.05, 0.1) is 11.4 Å². The van der Waals surface area contributed by atoms with E-state index in [1.54, 1.807) is 11.2 Å². The molecule has 2 saturated heterocycles. The molecule has 5 heteroatoms. The van der Waals surface area contributed by atoms with E-state index in [-0.39, 0.29) is 22.5 Å². The number of Topliss-reactive ketones (excluding diaryl/α,β-unsaturated/α-hetero) is 1. The fraction of sp³-hybridized carbons (Fsp3) is 0.800. The minimum Gasteiger partial charge on any atom is -0.380 e. The van der Waals surface area contributed by atoms with Gasteiger partial charge in [-0.1, -0.05) is 0 Å². The highest BCUT2D eigenvalue weighted by molar-refractivity contribution is 7.99. The van der Waals surface area contributed by atoms with E-state index in [2.05, 4.69) is 0 Å². The Bertz CT molecular complexity index is 275. The van der Waals surface area contributed by atoms with Gasteiger partial charge >= 0.3 is 0 Å². The Morgan fingerprint density at radius 1 is 1.47 bits per heavy atom. The number of rotatable bonds is 1. The molecule has 0 radical (unpaired) electrons. The van der Waals surface area contributed by atoms with Gasteiger partial charge in [0.15, 0.2) is 5.78 Å². The van der Waals surface area contributed by atoms with Crippen molar-refractivity contribution in [2.45, 2.75) is 37.5 Å². The number of ketones is 1. The molecule has 0 saturated carbocycles. The van der Waals surface area contributed by atoms with Crippen molar-refractivity contribution >= 4 is 23.6 Å². The van der Waals surface area contributed by atoms with Gasteiger partial charge in [0.25, 0.3) is 0 Å². The van der Waals surface area contributed by atoms with E-state index < -0.39 is 0 Å². The molecule has 1 spiro atoms. The molecule has 84 valence electrons. The molecule has 0 aliphatic carbocycles. The Morgan fingerprint density at radius 2 is 2.20 bits per heavy atom. The number of amides is 1. The molecule has 2 fully saturated rings. The summed E-state index contributed by atoms with van der Waals surface area (Å²) in [6, 6.07) is -0.255. The lowest BCUT2D eigenvalue weighted by molar-refractivity contribution is -0.130. The Labute approximate surface area is 93.5 Å². The molecular weight excluding hydrogens is 214 g/mol. The SMILES string of the molecule is CC(=O)C1CC2(CCOC2)SN1C(C)=O. The summed E-state index contributed by atoms with van der Waals surface area (Å²) < 4.78 is 6.96. The summed E-state index contributed by atoms with van der Waals surface area (Å²) in [6.45, 7) is 4.46. The van der Waals surface area contributed by atoms with E-state index >= 15 is 0 Å². The molecule has 0 bridgehead atoms. The number of hydrogen-bond donors (Lipinski definition) is 0. The molecule has 1 amide bonds. The van der Waals surface area contributed by atoms with Crippen LogP contribution in [0.15, 0.2) is 0 Å². The third-order valence-corrected chi connectivity index (χ3v) is 4.57. The van der Waals surface area contributed by atoms with Crippen molar-refractivity contribution < 1.29 is 14.3 Å². The third kappa shape index (κ3) is 1.90. The van der Waals surface area contributed by atoms with E-state index in [1.165, 1.54) is 18.9 Å². The lowest BCUT2D eigenvalue weighted by Gasteiger charge is -2.20. The van der Waals surface area contributed by atoms with Crippen LogP contribution in [0.2, 0.25) is 0 Å². The minimum absolute atomic E-state index is 0.0258. The van der Waals surface area contributed by atoms with Crippen LogP contribution >= 0.6 is 11.9 Å². The number of nitrogens with zero attached hydrogens (tertiary/aromatic N) is 1. The van der Waals surface area contributed by atoms with Crippen LogP contribution in [0.25, 0.3) is 0 Å². The van der Waals surface area contributed by atoms with E-state index in [9.17, 15) is 9.59 Å². The summed E-state index contributed by atoms with van der Waals surface area (Å²) in [5.74, 6) is 0.0328. The van der Waals surface area contributed by atoms with Gasteiger partial charge in [-0.3, -0.25) is 13.9 Å². The lowest BCUT2D eigenvalue weighted by atomic mass is 9.96. The third-order valence-electron chi connectivity index (χ3n) is 2.99. The molecule has 2 unspecified atom stereocenters. The Morgan fingerprint density at radius 3 is 2.60 bits per heavy atom. The standard InChI is InChI=1S/C10H15NO3S/c1-7(12)9-5-10(3-4-14-6-10)15-11(9)8(2)13/h9H,3-6H2,1-2H3. The molecule has 0 aromatic carbocycles. The Kier molecular flexibility index (Phi) is 2.77. The largest absolute Gasteiger partial charge is 0.380 e. The smallest absolute Gasteiger partial charge is 0.229 e. The van der Waals surface area contributed by atoms with E-state index in [4.69, 9.17) is 4.74 Å². The quantitative estimate of drug-likeness (QED) is 0.629. The average molecular weight is 229 g/mol. The first kappa shape index (κ1) is 11.0. The zero-order valence-electron chi connectivity index (χ0n) is 8.99. The van der Waals surface area contributed by atoms with Crippen LogP contribution in [-0.4, -0.2) is 40.0 Å². The lowest BCUT2D eigenvalue weighted by Crippen LogP contribution is -2.34. The normalized spacial score (nSPS) is 35.1. The van der Waals surface area contributed by atoms with E-state index in [0.717, 1.165) is 19.4 Å². The zero-order chi connectivity index (χ0) is 11.1. The molecule has 2 rings (SSSR count). The second-order valence-electron chi connectivity index (χ2n) is 4.25. The fourth-order valence-electron chi connectivity index (χ4n) is 2.16. The van der Waals surface area contributed by atoms with Crippen LogP contribution in [0.4, 0.5) is 0 Å². The maximum absolute atomic E-state index is 11.5. The van der Waals surface area contributed by atoms with Gasteiger partial charge < -0.3 is 4.74 Å². The second kappa shape index (κ2) is 3.79. The summed E-state index contributed by atoms with van der Waals surface area (Å²) in [6.07, 6.45) is 1.68. The Hall–Kier alpha value is -0.550. The number of carbonyl (C=O) groups is 2. The van der Waals surface area contributed by atoms with Crippen molar-refractivity contribution in [3.05, 3.63) is 0 Å². The van der Waals surface area contributed by atoms with Gasteiger partial charge in [-0.15, -0.1) is 0 Å². The molecule has 0 aromatic heterocycles. The summed E-state index contributed by atoms with van der Waals surface area (Å²) in [5.41, 5.74) is 0. The molecule has 2 atom stereocenters. The highest BCUT2D eigenvalue weighted by Crippen LogP contribution is 2.48. The summed E-state index contributed by atoms with van der Waals surface area (Å²) in [7, 11) is 0. The van der Waals surface area contributed by atoms with Crippen molar-refractivity contribution in [1.82, 2.24) is 4.31 Å². The van der Waals surface area contributed by atoms with Crippen LogP contribution in [-0.2, 0) is 14.3 Å². The van der Waals surface area contributed by atoms with Crippen molar-refractivity contribution in [2.75, 3.05) is 13.2 Å². The van der Waals surface area contributed by atoms with Gasteiger partial charge in [0.2, 0.25) is 5.91 Å². The van der Waals surface area contributed by atoms with Crippen LogP contribution in [0.3, 0.4) is 0 Å². The number of carbonyl (C=O) groups excluding carboxylic acids is 2. The van der Waals surface area contributed by atoms with E-state index in [1.807, 2.05) is 0 Å². The maximum Gasteiger partial charge on any atom is 0.229 e. The molecule has 2 aliphatic heterocycles. The van der Waals surface area contributed by atoms with Gasteiger partial charge in [-0.2, -0.15) is 0 Å². The van der Waals surface area contributed by atoms with Gasteiger partial charge in [-0.05, 0) is 31.7 Å². The van der Waals surface area contributed by atoms with Crippen LogP contribution in [0, 0.1) is 0 Å². The topological polar surface area (TPSA) is 46.6 Å². The molecule has 4 nitrogen and oxygen atoms in total. The van der Waals surface area contributed by atoms with Gasteiger partial charge in [0, 0.05) is 13.5 Å².